The van der Waals surface area contributed by atoms with E-state index in [0.717, 1.165) is 63.6 Å². The number of esters is 1. The predicted molar refractivity (Wildman–Crippen MR) is 149 cm³/mol. The number of aliphatic imine (C=N–C) groups is 1. The molecule has 4 heterocycles. The molecule has 1 aliphatic heterocycles. The Bertz CT molecular complexity index is 1460. The van der Waals surface area contributed by atoms with Crippen LogP contribution in [0.25, 0.3) is 16.3 Å². The van der Waals surface area contributed by atoms with E-state index in [1.807, 2.05) is 0 Å². The fourth-order valence-electron chi connectivity index (χ4n) is 4.67. The van der Waals surface area contributed by atoms with Gasteiger partial charge in [0, 0.05) is 23.4 Å². The van der Waals surface area contributed by atoms with E-state index >= 15 is 0 Å². The molecular formula is C27H30F2N8O3S. The Morgan fingerprint density at radius 3 is 2.80 bits per heavy atom. The molecule has 3 aromatic rings. The molecule has 3 aromatic heterocycles. The smallest absolute Gasteiger partial charge is 0.324 e. The molecule has 1 saturated carbocycles. The number of aromatic nitrogens is 4. The zero-order chi connectivity index (χ0) is 28.8. The molecule has 2 fully saturated rings. The lowest BCUT2D eigenvalue weighted by Gasteiger charge is -2.18. The average Bonchev–Trinajstić information content (AvgIpc) is 3.77. The number of nitrogens with zero attached hydrogens (tertiary/aromatic N) is 5. The van der Waals surface area contributed by atoms with Gasteiger partial charge in [-0.3, -0.25) is 14.6 Å². The highest BCUT2D eigenvalue weighted by molar-refractivity contribution is 7.13. The molecule has 14 heteroatoms. The summed E-state index contributed by atoms with van der Waals surface area (Å²) < 4.78 is 35.0. The van der Waals surface area contributed by atoms with Crippen molar-refractivity contribution in [3.05, 3.63) is 58.8 Å². The Morgan fingerprint density at radius 1 is 1.20 bits per heavy atom. The third-order valence-corrected chi connectivity index (χ3v) is 7.79. The van der Waals surface area contributed by atoms with Crippen LogP contribution in [-0.2, 0) is 16.3 Å². The maximum Gasteiger partial charge on any atom is 0.324 e. The summed E-state index contributed by atoms with van der Waals surface area (Å²) in [7, 11) is 0. The van der Waals surface area contributed by atoms with E-state index in [1.54, 1.807) is 17.8 Å². The summed E-state index contributed by atoms with van der Waals surface area (Å²) in [5, 5.41) is 12.0. The van der Waals surface area contributed by atoms with Crippen LogP contribution >= 0.6 is 11.3 Å². The molecule has 5 rings (SSSR count). The van der Waals surface area contributed by atoms with Crippen LogP contribution < -0.4 is 16.4 Å². The average molecular weight is 585 g/mol. The van der Waals surface area contributed by atoms with Crippen LogP contribution in [0.2, 0.25) is 0 Å². The highest BCUT2D eigenvalue weighted by atomic mass is 32.1. The summed E-state index contributed by atoms with van der Waals surface area (Å²) >= 11 is 1.22. The van der Waals surface area contributed by atoms with Gasteiger partial charge < -0.3 is 21.1 Å². The molecule has 1 amide bonds. The molecule has 0 bridgehead atoms. The first-order valence-electron chi connectivity index (χ1n) is 13.4. The number of nitrogens with two attached hydrogens (primary N) is 1. The van der Waals surface area contributed by atoms with E-state index < -0.39 is 23.4 Å². The highest BCUT2D eigenvalue weighted by Crippen LogP contribution is 2.24. The Hall–Kier alpha value is -4.04. The number of carbonyl (C=O) groups excluding carboxylic acids is 2. The third-order valence-electron chi connectivity index (χ3n) is 6.90. The first-order valence-corrected chi connectivity index (χ1v) is 14.3. The molecule has 2 aliphatic rings. The van der Waals surface area contributed by atoms with Crippen molar-refractivity contribution in [1.82, 2.24) is 30.4 Å². The zero-order valence-electron chi connectivity index (χ0n) is 22.2. The van der Waals surface area contributed by atoms with Gasteiger partial charge in [-0.05, 0) is 44.4 Å². The molecule has 0 radical (unpaired) electrons. The van der Waals surface area contributed by atoms with Crippen molar-refractivity contribution in [2.45, 2.75) is 63.8 Å². The molecule has 4 N–H and O–H groups in total. The Morgan fingerprint density at radius 2 is 2.02 bits per heavy atom. The van der Waals surface area contributed by atoms with Crippen molar-refractivity contribution in [2.75, 3.05) is 6.54 Å². The summed E-state index contributed by atoms with van der Waals surface area (Å²) in [6, 6.07) is 1.56. The van der Waals surface area contributed by atoms with Gasteiger partial charge in [0.05, 0.1) is 23.6 Å². The van der Waals surface area contributed by atoms with Gasteiger partial charge in [0.15, 0.2) is 12.5 Å². The fraction of sp³-hybridized carbons (Fsp3) is 0.407. The number of amides is 1. The van der Waals surface area contributed by atoms with Gasteiger partial charge in [-0.2, -0.15) is 9.49 Å². The summed E-state index contributed by atoms with van der Waals surface area (Å²) in [6.45, 7) is 0.746. The largest absolute Gasteiger partial charge is 0.441 e. The number of hydrogen-bond acceptors (Lipinski definition) is 10. The van der Waals surface area contributed by atoms with Crippen LogP contribution in [0.1, 0.15) is 61.1 Å². The lowest BCUT2D eigenvalue weighted by atomic mass is 9.96. The van der Waals surface area contributed by atoms with Crippen molar-refractivity contribution in [2.24, 2.45) is 10.7 Å². The molecule has 1 aliphatic carbocycles. The second-order valence-electron chi connectivity index (χ2n) is 9.86. The molecule has 41 heavy (non-hydrogen) atoms. The Kier molecular flexibility index (Phi) is 9.09. The van der Waals surface area contributed by atoms with E-state index in [0.29, 0.717) is 10.6 Å². The summed E-state index contributed by atoms with van der Waals surface area (Å²) in [6.07, 6.45) is 11.3. The molecule has 216 valence electrons. The molecular weight excluding hydrogens is 554 g/mol. The van der Waals surface area contributed by atoms with Crippen LogP contribution in [0.3, 0.4) is 0 Å². The van der Waals surface area contributed by atoms with Gasteiger partial charge in [0.1, 0.15) is 22.4 Å². The maximum atomic E-state index is 14.5. The number of allylic oxidation sites excluding steroid dienone is 1. The van der Waals surface area contributed by atoms with Gasteiger partial charge in [-0.15, -0.1) is 11.3 Å². The van der Waals surface area contributed by atoms with E-state index in [1.165, 1.54) is 22.2 Å². The monoisotopic (exact) mass is 584 g/mol. The standard InChI is InChI=1S/C27H30F2N8O3S/c28-18-8-9-22(29)36-24(18)23(30)20(12-32-17-5-2-1-3-6-17)34-25(38)21-14-41-26(35-21)16-11-33-37(13-16)15-40-27(39)19-7-4-10-31-19/h8-9,11-14,17,19,31H,1-7,10,15,30H2,(H,34,38)/b23-20+,32-12?. The number of carbonyl (C=O) groups is 2. The fourth-order valence-corrected chi connectivity index (χ4v) is 5.45. The number of rotatable bonds is 9. The number of pyridine rings is 1. The van der Waals surface area contributed by atoms with Gasteiger partial charge in [-0.25, -0.2) is 19.0 Å². The molecule has 1 atom stereocenters. The molecule has 1 saturated heterocycles. The lowest BCUT2D eigenvalue weighted by Crippen LogP contribution is -2.32. The summed E-state index contributed by atoms with van der Waals surface area (Å²) in [5.41, 5.74) is 6.21. The lowest BCUT2D eigenvalue weighted by molar-refractivity contribution is -0.150. The minimum absolute atomic E-state index is 0.00138. The second kappa shape index (κ2) is 13.1. The SMILES string of the molecule is N/C(=C(\C=NC1CCCCC1)NC(=O)c1csc(-c2cnn(COC(=O)C3CCCN3)c2)n1)c1nc(F)ccc1F. The van der Waals surface area contributed by atoms with Gasteiger partial charge in [0.25, 0.3) is 5.91 Å². The minimum atomic E-state index is -0.908. The van der Waals surface area contributed by atoms with Crippen LogP contribution in [0, 0.1) is 11.8 Å². The molecule has 1 unspecified atom stereocenters. The normalized spacial score (nSPS) is 18.4. The topological polar surface area (TPSA) is 149 Å². The van der Waals surface area contributed by atoms with Gasteiger partial charge in [0.2, 0.25) is 5.95 Å². The first kappa shape index (κ1) is 28.5. The molecule has 0 spiro atoms. The third kappa shape index (κ3) is 7.19. The van der Waals surface area contributed by atoms with Crippen molar-refractivity contribution in [3.63, 3.8) is 0 Å². The van der Waals surface area contributed by atoms with E-state index in [4.69, 9.17) is 10.5 Å². The zero-order valence-corrected chi connectivity index (χ0v) is 23.0. The number of hydrogen-bond donors (Lipinski definition) is 3. The Balaban J connectivity index is 1.30. The Labute approximate surface area is 238 Å². The van der Waals surface area contributed by atoms with Crippen LogP contribution in [0.5, 0.6) is 0 Å². The molecule has 11 nitrogen and oxygen atoms in total. The van der Waals surface area contributed by atoms with Crippen LogP contribution in [0.15, 0.2) is 40.6 Å². The number of ether oxygens (including phenoxy) is 1. The quantitative estimate of drug-likeness (QED) is 0.197. The van der Waals surface area contributed by atoms with Crippen LogP contribution in [-0.4, -0.2) is 56.5 Å². The summed E-state index contributed by atoms with van der Waals surface area (Å²) in [4.78, 5) is 37.8. The number of nitrogens with one attached hydrogen (secondary N) is 2. The number of halogens is 2. The van der Waals surface area contributed by atoms with Crippen molar-refractivity contribution < 1.29 is 23.1 Å². The van der Waals surface area contributed by atoms with Crippen molar-refractivity contribution in [3.8, 4) is 10.6 Å². The number of thiazole rings is 1. The van der Waals surface area contributed by atoms with Crippen molar-refractivity contribution >= 4 is 35.1 Å². The highest BCUT2D eigenvalue weighted by Gasteiger charge is 2.24. The van der Waals surface area contributed by atoms with Gasteiger partial charge in [-0.1, -0.05) is 19.3 Å². The van der Waals surface area contributed by atoms with Crippen molar-refractivity contribution in [1.29, 1.82) is 0 Å². The van der Waals surface area contributed by atoms with E-state index in [9.17, 15) is 18.4 Å². The second-order valence-corrected chi connectivity index (χ2v) is 10.7. The maximum absolute atomic E-state index is 14.5. The van der Waals surface area contributed by atoms with Crippen LogP contribution in [0.4, 0.5) is 8.78 Å². The van der Waals surface area contributed by atoms with E-state index in [-0.39, 0.29) is 41.9 Å². The van der Waals surface area contributed by atoms with Gasteiger partial charge >= 0.3 is 5.97 Å². The minimum Gasteiger partial charge on any atom is -0.441 e. The summed E-state index contributed by atoms with van der Waals surface area (Å²) in [5.74, 6) is -2.67. The first-order chi connectivity index (χ1) is 19.9. The predicted octanol–water partition coefficient (Wildman–Crippen LogP) is 3.39. The van der Waals surface area contributed by atoms with E-state index in [2.05, 4.69) is 30.7 Å². The molecule has 0 aromatic carbocycles.